The maximum atomic E-state index is 12.3. The Balaban J connectivity index is 1.69. The van der Waals surface area contributed by atoms with Gasteiger partial charge < -0.3 is 5.32 Å². The molecule has 0 saturated heterocycles. The zero-order valence-electron chi connectivity index (χ0n) is 14.2. The fourth-order valence-corrected chi connectivity index (χ4v) is 3.10. The highest BCUT2D eigenvalue weighted by molar-refractivity contribution is 6.33. The molecule has 0 aliphatic carbocycles. The van der Waals surface area contributed by atoms with Gasteiger partial charge in [-0.3, -0.25) is 9.59 Å². The molecule has 5 heteroatoms. The minimum atomic E-state index is -0.318. The minimum Gasteiger partial charge on any atom is -0.352 e. The van der Waals surface area contributed by atoms with Crippen LogP contribution in [0.1, 0.15) is 27.9 Å². The van der Waals surface area contributed by atoms with Crippen LogP contribution in [0.2, 0.25) is 5.02 Å². The third-order valence-electron chi connectivity index (χ3n) is 4.51. The molecule has 1 N–H and O–H groups in total. The second-order valence-electron chi connectivity index (χ2n) is 6.19. The Kier molecular flexibility index (Phi) is 5.00. The first-order valence-corrected chi connectivity index (χ1v) is 8.58. The van der Waals surface area contributed by atoms with Gasteiger partial charge in [0.15, 0.2) is 0 Å². The van der Waals surface area contributed by atoms with Crippen LogP contribution in [-0.4, -0.2) is 18.4 Å². The molecule has 2 amide bonds. The van der Waals surface area contributed by atoms with E-state index in [1.54, 1.807) is 24.3 Å². The van der Waals surface area contributed by atoms with Gasteiger partial charge in [0.2, 0.25) is 0 Å². The van der Waals surface area contributed by atoms with E-state index in [0.29, 0.717) is 23.6 Å². The van der Waals surface area contributed by atoms with Crippen molar-refractivity contribution in [2.75, 3.05) is 6.54 Å². The van der Waals surface area contributed by atoms with Gasteiger partial charge in [-0.2, -0.15) is 0 Å². The van der Waals surface area contributed by atoms with Crippen molar-refractivity contribution in [1.29, 1.82) is 0 Å². The van der Waals surface area contributed by atoms with E-state index in [-0.39, 0.29) is 17.7 Å². The van der Waals surface area contributed by atoms with Crippen molar-refractivity contribution in [3.05, 3.63) is 68.7 Å². The molecule has 0 spiro atoms. The van der Waals surface area contributed by atoms with Crippen LogP contribution in [-0.2, 0) is 4.79 Å². The molecule has 1 unspecified atom stereocenters. The van der Waals surface area contributed by atoms with Crippen LogP contribution in [0.4, 0.5) is 0 Å². The molecule has 0 saturated carbocycles. The molecule has 0 fully saturated rings. The number of carbonyl (C=O) groups is 2. The summed E-state index contributed by atoms with van der Waals surface area (Å²) >= 11 is 6.02. The van der Waals surface area contributed by atoms with Crippen LogP contribution in [0.25, 0.3) is 6.08 Å². The Bertz CT molecular complexity index is 966. The van der Waals surface area contributed by atoms with Gasteiger partial charge in [0.05, 0.1) is 21.9 Å². The molecule has 3 rings (SSSR count). The van der Waals surface area contributed by atoms with Gasteiger partial charge in [-0.05, 0) is 48.7 Å². The first kappa shape index (κ1) is 17.4. The summed E-state index contributed by atoms with van der Waals surface area (Å²) in [5.74, 6) is -0.716. The number of aryl methyl sites for hydroxylation is 1. The Hall–Kier alpha value is -2.46. The smallest absolute Gasteiger partial charge is 0.253 e. The number of halogens is 1. The van der Waals surface area contributed by atoms with Gasteiger partial charge in [-0.15, -0.1) is 0 Å². The topological polar surface area (TPSA) is 58.5 Å². The lowest BCUT2D eigenvalue weighted by Gasteiger charge is -2.14. The lowest BCUT2D eigenvalue weighted by molar-refractivity contribution is -0.120. The zero-order chi connectivity index (χ0) is 18.0. The number of hydrogen-bond donors (Lipinski definition) is 1. The highest BCUT2D eigenvalue weighted by atomic mass is 35.5. The van der Waals surface area contributed by atoms with Crippen LogP contribution >= 0.6 is 11.6 Å². The fraction of sp³-hybridized carbons (Fsp3) is 0.250. The molecule has 0 bridgehead atoms. The van der Waals surface area contributed by atoms with E-state index in [0.717, 1.165) is 21.7 Å². The molecule has 1 heterocycles. The number of carbonyl (C=O) groups excluding carboxylic acids is 2. The van der Waals surface area contributed by atoms with Crippen LogP contribution in [0.5, 0.6) is 0 Å². The summed E-state index contributed by atoms with van der Waals surface area (Å²) in [6.07, 6.45) is 2.45. The number of amides is 2. The van der Waals surface area contributed by atoms with Crippen LogP contribution < -0.4 is 15.9 Å². The molecular weight excluding hydrogens is 336 g/mol. The maximum absolute atomic E-state index is 12.3. The Morgan fingerprint density at radius 3 is 2.72 bits per heavy atom. The van der Waals surface area contributed by atoms with Gasteiger partial charge in [0.25, 0.3) is 11.8 Å². The molecule has 4 nitrogen and oxygen atoms in total. The molecular formula is C20H19ClN2O2. The van der Waals surface area contributed by atoms with Gasteiger partial charge in [0.1, 0.15) is 0 Å². The predicted octanol–water partition coefficient (Wildman–Crippen LogP) is 2.33. The fourth-order valence-electron chi connectivity index (χ4n) is 2.87. The highest BCUT2D eigenvalue weighted by Crippen LogP contribution is 2.15. The average Bonchev–Trinajstić information content (AvgIpc) is 2.60. The Morgan fingerprint density at radius 2 is 1.96 bits per heavy atom. The molecule has 1 aliphatic heterocycles. The molecule has 2 aromatic rings. The molecule has 0 radical (unpaired) electrons. The average molecular weight is 355 g/mol. The second kappa shape index (κ2) is 7.19. The van der Waals surface area contributed by atoms with Crippen molar-refractivity contribution >= 4 is 29.5 Å². The second-order valence-corrected chi connectivity index (χ2v) is 6.60. The standard InChI is InChI=1S/C20H19ClN2O2/c1-12-7-8-14-11-15(19(24)23-18(14)13(12)2)9-10-22-20(25)16-5-3-4-6-17(16)21/h3-8,11,15H,9-10H2,1-2H3,(H,22,25). The van der Waals surface area contributed by atoms with Crippen LogP contribution in [0.15, 0.2) is 41.4 Å². The van der Waals surface area contributed by atoms with Gasteiger partial charge in [-0.1, -0.05) is 41.9 Å². The highest BCUT2D eigenvalue weighted by Gasteiger charge is 2.19. The Labute approximate surface area is 151 Å². The third-order valence-corrected chi connectivity index (χ3v) is 4.84. The molecule has 1 atom stereocenters. The van der Waals surface area contributed by atoms with Crippen molar-refractivity contribution in [3.63, 3.8) is 0 Å². The van der Waals surface area contributed by atoms with Gasteiger partial charge in [0, 0.05) is 6.54 Å². The zero-order valence-corrected chi connectivity index (χ0v) is 14.9. The number of fused-ring (bicyclic) bond motifs is 1. The summed E-state index contributed by atoms with van der Waals surface area (Å²) < 4.78 is 0. The minimum absolute atomic E-state index is 0.159. The van der Waals surface area contributed by atoms with E-state index in [1.165, 1.54) is 0 Å². The first-order chi connectivity index (χ1) is 12.0. The quantitative estimate of drug-likeness (QED) is 0.916. The number of hydrogen-bond acceptors (Lipinski definition) is 2. The van der Waals surface area contributed by atoms with Crippen molar-refractivity contribution in [2.24, 2.45) is 10.9 Å². The van der Waals surface area contributed by atoms with Gasteiger partial charge in [-0.25, -0.2) is 4.99 Å². The van der Waals surface area contributed by atoms with E-state index < -0.39 is 0 Å². The SMILES string of the molecule is Cc1ccc2c(c1C)=NC(=O)C(CCNC(=O)c1ccccc1Cl)C=2. The first-order valence-electron chi connectivity index (χ1n) is 8.20. The molecule has 1 aliphatic rings. The van der Waals surface area contributed by atoms with E-state index in [9.17, 15) is 9.59 Å². The number of nitrogens with zero attached hydrogens (tertiary/aromatic N) is 1. The lowest BCUT2D eigenvalue weighted by atomic mass is 9.98. The van der Waals surface area contributed by atoms with Crippen LogP contribution in [0, 0.1) is 19.8 Å². The van der Waals surface area contributed by atoms with Crippen LogP contribution in [0.3, 0.4) is 0 Å². The monoisotopic (exact) mass is 354 g/mol. The number of nitrogens with one attached hydrogen (secondary N) is 1. The molecule has 2 aromatic carbocycles. The number of benzene rings is 2. The van der Waals surface area contributed by atoms with E-state index in [2.05, 4.69) is 10.3 Å². The van der Waals surface area contributed by atoms with Crippen molar-refractivity contribution in [2.45, 2.75) is 20.3 Å². The van der Waals surface area contributed by atoms with E-state index in [1.807, 2.05) is 32.1 Å². The lowest BCUT2D eigenvalue weighted by Crippen LogP contribution is -2.37. The summed E-state index contributed by atoms with van der Waals surface area (Å²) in [7, 11) is 0. The van der Waals surface area contributed by atoms with Crippen molar-refractivity contribution < 1.29 is 9.59 Å². The maximum Gasteiger partial charge on any atom is 0.253 e. The predicted molar refractivity (Wildman–Crippen MR) is 98.1 cm³/mol. The van der Waals surface area contributed by atoms with Crippen molar-refractivity contribution in [1.82, 2.24) is 5.32 Å². The summed E-state index contributed by atoms with van der Waals surface area (Å²) in [5, 5.41) is 4.97. The summed E-state index contributed by atoms with van der Waals surface area (Å²) in [5.41, 5.74) is 2.59. The third kappa shape index (κ3) is 3.64. The van der Waals surface area contributed by atoms with Crippen molar-refractivity contribution in [3.8, 4) is 0 Å². The summed E-state index contributed by atoms with van der Waals surface area (Å²) in [4.78, 5) is 28.7. The number of rotatable bonds is 4. The molecule has 128 valence electrons. The summed E-state index contributed by atoms with van der Waals surface area (Å²) in [6, 6.07) is 10.9. The molecule has 25 heavy (non-hydrogen) atoms. The van der Waals surface area contributed by atoms with Gasteiger partial charge >= 0.3 is 0 Å². The van der Waals surface area contributed by atoms with E-state index in [4.69, 9.17) is 11.6 Å². The Morgan fingerprint density at radius 1 is 1.20 bits per heavy atom. The molecule has 0 aromatic heterocycles. The summed E-state index contributed by atoms with van der Waals surface area (Å²) in [6.45, 7) is 4.36. The largest absolute Gasteiger partial charge is 0.352 e. The van der Waals surface area contributed by atoms with E-state index >= 15 is 0 Å². The normalized spacial score (nSPS) is 15.8.